The summed E-state index contributed by atoms with van der Waals surface area (Å²) in [4.78, 5) is 28.4. The van der Waals surface area contributed by atoms with E-state index in [1.807, 2.05) is 6.07 Å². The Morgan fingerprint density at radius 3 is 2.58 bits per heavy atom. The monoisotopic (exact) mass is 461 g/mol. The highest BCUT2D eigenvalue weighted by molar-refractivity contribution is 6.30. The van der Waals surface area contributed by atoms with Gasteiger partial charge in [-0.05, 0) is 23.8 Å². The molecule has 164 valence electrons. The second-order valence-electron chi connectivity index (χ2n) is 7.63. The predicted octanol–water partition coefficient (Wildman–Crippen LogP) is 2.70. The number of amides is 1. The molecule has 3 heterocycles. The van der Waals surface area contributed by atoms with Crippen molar-refractivity contribution in [2.45, 2.75) is 18.6 Å². The van der Waals surface area contributed by atoms with Crippen molar-refractivity contribution < 1.29 is 19.1 Å². The van der Waals surface area contributed by atoms with E-state index in [4.69, 9.17) is 26.5 Å². The first-order valence-electron chi connectivity index (χ1n) is 9.94. The minimum absolute atomic E-state index is 0.0686. The first-order valence-corrected chi connectivity index (χ1v) is 10.3. The number of hydrogen-bond donors (Lipinski definition) is 2. The summed E-state index contributed by atoms with van der Waals surface area (Å²) in [5.41, 5.74) is 5.16. The molecule has 3 aromatic rings. The van der Waals surface area contributed by atoms with E-state index in [-0.39, 0.29) is 35.3 Å². The minimum Gasteiger partial charge on any atom is -0.457 e. The molecule has 2 aliphatic heterocycles. The van der Waals surface area contributed by atoms with Crippen LogP contribution in [0.25, 0.3) is 0 Å². The zero-order valence-corrected chi connectivity index (χ0v) is 17.8. The predicted molar refractivity (Wildman–Crippen MR) is 118 cm³/mol. The number of nitriles is 1. The number of fused-ring (bicyclic) bond motifs is 4. The van der Waals surface area contributed by atoms with Crippen LogP contribution in [0.4, 0.5) is 5.69 Å². The van der Waals surface area contributed by atoms with Crippen molar-refractivity contribution in [1.82, 2.24) is 0 Å². The summed E-state index contributed by atoms with van der Waals surface area (Å²) in [5, 5.41) is 20.2. The minimum atomic E-state index is -1.83. The van der Waals surface area contributed by atoms with Gasteiger partial charge in [-0.25, -0.2) is 0 Å². The third-order valence-corrected chi connectivity index (χ3v) is 6.07. The van der Waals surface area contributed by atoms with Crippen LogP contribution in [0, 0.1) is 11.3 Å². The van der Waals surface area contributed by atoms with E-state index in [1.165, 1.54) is 4.90 Å². The molecule has 8 nitrogen and oxygen atoms in total. The smallest absolute Gasteiger partial charge is 0.251 e. The second-order valence-corrected chi connectivity index (χ2v) is 8.07. The molecule has 0 radical (unpaired) electrons. The highest BCUT2D eigenvalue weighted by Crippen LogP contribution is 2.54. The summed E-state index contributed by atoms with van der Waals surface area (Å²) in [6.07, 6.45) is 0. The molecule has 0 saturated carbocycles. The summed E-state index contributed by atoms with van der Waals surface area (Å²) in [7, 11) is 0. The maximum atomic E-state index is 14.2. The lowest BCUT2D eigenvalue weighted by Gasteiger charge is -2.32. The number of nitrogens with zero attached hydrogens (tertiary/aromatic N) is 2. The van der Waals surface area contributed by atoms with E-state index in [0.29, 0.717) is 16.3 Å². The molecule has 0 fully saturated rings. The molecule has 0 bridgehead atoms. The van der Waals surface area contributed by atoms with Crippen LogP contribution in [-0.4, -0.2) is 11.0 Å². The fraction of sp³-hybridized carbons (Fsp3) is 0.125. The van der Waals surface area contributed by atoms with E-state index < -0.39 is 23.4 Å². The Bertz CT molecular complexity index is 1440. The fourth-order valence-corrected chi connectivity index (χ4v) is 4.52. The van der Waals surface area contributed by atoms with Gasteiger partial charge in [0.05, 0.1) is 6.54 Å². The van der Waals surface area contributed by atoms with Crippen molar-refractivity contribution >= 4 is 23.2 Å². The van der Waals surface area contributed by atoms with Gasteiger partial charge in [-0.1, -0.05) is 41.9 Å². The number of rotatable bonds is 3. The Balaban J connectivity index is 1.81. The van der Waals surface area contributed by atoms with Crippen LogP contribution in [0.3, 0.4) is 0 Å². The second kappa shape index (κ2) is 7.52. The van der Waals surface area contributed by atoms with E-state index >= 15 is 0 Å². The molecule has 1 amide bonds. The topological polar surface area (TPSA) is 130 Å². The summed E-state index contributed by atoms with van der Waals surface area (Å²) in [6, 6.07) is 17.0. The number of benzene rings is 2. The van der Waals surface area contributed by atoms with Gasteiger partial charge in [0.2, 0.25) is 17.1 Å². The quantitative estimate of drug-likeness (QED) is 0.613. The molecule has 0 aliphatic carbocycles. The van der Waals surface area contributed by atoms with E-state index in [2.05, 4.69) is 0 Å². The van der Waals surface area contributed by atoms with Crippen molar-refractivity contribution in [3.63, 3.8) is 0 Å². The number of carbonyl (C=O) groups excluding carboxylic acids is 1. The normalized spacial score (nSPS) is 18.7. The van der Waals surface area contributed by atoms with Crippen molar-refractivity contribution in [2.24, 2.45) is 5.73 Å². The molecule has 9 heteroatoms. The molecule has 33 heavy (non-hydrogen) atoms. The molecular weight excluding hydrogens is 446 g/mol. The number of hydrogen-bond acceptors (Lipinski definition) is 7. The van der Waals surface area contributed by atoms with Crippen LogP contribution in [0.5, 0.6) is 5.75 Å². The van der Waals surface area contributed by atoms with Crippen molar-refractivity contribution in [3.8, 4) is 11.8 Å². The summed E-state index contributed by atoms with van der Waals surface area (Å²) in [5.74, 6) is -1.42. The number of nitrogens with two attached hydrogens (primary N) is 1. The van der Waals surface area contributed by atoms with Gasteiger partial charge in [-0.2, -0.15) is 5.26 Å². The third kappa shape index (κ3) is 2.87. The summed E-state index contributed by atoms with van der Waals surface area (Å²) in [6.45, 7) is -0.405. The van der Waals surface area contributed by atoms with E-state index in [9.17, 15) is 20.0 Å². The number of carbonyl (C=O) groups is 1. The van der Waals surface area contributed by atoms with Crippen LogP contribution in [0.2, 0.25) is 5.02 Å². The van der Waals surface area contributed by atoms with Gasteiger partial charge < -0.3 is 24.9 Å². The Labute approximate surface area is 192 Å². The molecule has 0 saturated heterocycles. The maximum absolute atomic E-state index is 14.2. The molecule has 1 aromatic heterocycles. The highest BCUT2D eigenvalue weighted by atomic mass is 35.5. The number of anilines is 1. The van der Waals surface area contributed by atoms with Crippen molar-refractivity contribution in [1.29, 1.82) is 5.26 Å². The molecule has 0 unspecified atom stereocenters. The summed E-state index contributed by atoms with van der Waals surface area (Å²) >= 11 is 6.00. The molecule has 1 atom stereocenters. The Kier molecular flexibility index (Phi) is 4.74. The molecule has 2 aromatic carbocycles. The Morgan fingerprint density at radius 1 is 1.15 bits per heavy atom. The summed E-state index contributed by atoms with van der Waals surface area (Å²) < 4.78 is 11.3. The molecule has 2 aliphatic rings. The van der Waals surface area contributed by atoms with Gasteiger partial charge in [0.25, 0.3) is 5.91 Å². The van der Waals surface area contributed by atoms with Crippen LogP contribution >= 0.6 is 11.6 Å². The zero-order valence-electron chi connectivity index (χ0n) is 17.0. The van der Waals surface area contributed by atoms with Crippen molar-refractivity contribution in [3.05, 3.63) is 104 Å². The SMILES string of the molecule is N#CC1=C(N)Oc2c(oc(CO)cc2=O)[C@]12C(=O)N(Cc1ccc(Cl)cc1)c1ccccc12. The third-order valence-electron chi connectivity index (χ3n) is 5.82. The largest absolute Gasteiger partial charge is 0.457 e. The zero-order chi connectivity index (χ0) is 23.3. The highest BCUT2D eigenvalue weighted by Gasteiger charge is 2.61. The van der Waals surface area contributed by atoms with Crippen LogP contribution in [-0.2, 0) is 23.4 Å². The lowest BCUT2D eigenvalue weighted by Crippen LogP contribution is -2.46. The van der Waals surface area contributed by atoms with Gasteiger partial charge in [-0.15, -0.1) is 0 Å². The molecular formula is C24H16ClN3O5. The number of aliphatic hydroxyl groups is 1. The van der Waals surface area contributed by atoms with Crippen LogP contribution < -0.4 is 20.8 Å². The molecule has 3 N–H and O–H groups in total. The van der Waals surface area contributed by atoms with Gasteiger partial charge in [0.1, 0.15) is 24.0 Å². The van der Waals surface area contributed by atoms with Crippen LogP contribution in [0.1, 0.15) is 22.6 Å². The first-order chi connectivity index (χ1) is 15.9. The maximum Gasteiger partial charge on any atom is 0.251 e. The molecule has 1 spiro atoms. The average Bonchev–Trinajstić information content (AvgIpc) is 3.05. The number of para-hydroxylation sites is 1. The van der Waals surface area contributed by atoms with E-state index in [1.54, 1.807) is 48.5 Å². The molecule has 5 rings (SSSR count). The van der Waals surface area contributed by atoms with Gasteiger partial charge >= 0.3 is 0 Å². The number of halogens is 1. The van der Waals surface area contributed by atoms with Gasteiger partial charge in [0, 0.05) is 22.3 Å². The van der Waals surface area contributed by atoms with Crippen LogP contribution in [0.15, 0.2) is 75.3 Å². The first kappa shape index (κ1) is 20.8. The average molecular weight is 462 g/mol. The number of ether oxygens (including phenoxy) is 1. The Morgan fingerprint density at radius 2 is 1.88 bits per heavy atom. The lowest BCUT2D eigenvalue weighted by atomic mass is 9.72. The number of aliphatic hydroxyl groups excluding tert-OH is 1. The van der Waals surface area contributed by atoms with E-state index in [0.717, 1.165) is 11.6 Å². The fourth-order valence-electron chi connectivity index (χ4n) is 4.39. The standard InChI is InChI=1S/C24H16ClN3O5/c25-14-7-5-13(6-8-14)11-28-18-4-2-1-3-16(18)24(23(28)31)17(10-26)22(27)33-20-19(30)9-15(12-29)32-21(20)24/h1-9,29H,11-12,27H2/t24-/m1/s1. The lowest BCUT2D eigenvalue weighted by molar-refractivity contribution is -0.121. The van der Waals surface area contributed by atoms with Gasteiger partial charge in [-0.3, -0.25) is 9.59 Å². The van der Waals surface area contributed by atoms with Gasteiger partial charge in [0.15, 0.2) is 11.2 Å². The Hall–Kier alpha value is -4.06. The van der Waals surface area contributed by atoms with Crippen molar-refractivity contribution in [2.75, 3.05) is 4.90 Å².